The lowest BCUT2D eigenvalue weighted by Crippen LogP contribution is -2.58. The first kappa shape index (κ1) is 16.7. The molecule has 128 valence electrons. The maximum Gasteiger partial charge on any atom is 0.259 e. The molecule has 0 radical (unpaired) electrons. The number of carbonyl (C=O) groups is 1. The van der Waals surface area contributed by atoms with Gasteiger partial charge in [0.2, 0.25) is 5.91 Å². The van der Waals surface area contributed by atoms with Crippen LogP contribution in [0.15, 0.2) is 41.3 Å². The number of sulfone groups is 1. The highest BCUT2D eigenvalue weighted by Crippen LogP contribution is 2.21. The molecule has 1 amide bonds. The van der Waals surface area contributed by atoms with Crippen molar-refractivity contribution in [1.82, 2.24) is 9.47 Å². The molecule has 7 heteroatoms. The van der Waals surface area contributed by atoms with Gasteiger partial charge in [0.05, 0.1) is 5.25 Å². The maximum atomic E-state index is 12.6. The number of hydrogen-bond acceptors (Lipinski definition) is 4. The normalized spacial score (nSPS) is 16.8. The van der Waals surface area contributed by atoms with E-state index in [1.807, 2.05) is 12.1 Å². The van der Waals surface area contributed by atoms with Gasteiger partial charge in [-0.1, -0.05) is 25.1 Å². The van der Waals surface area contributed by atoms with Gasteiger partial charge in [0.15, 0.2) is 9.84 Å². The molecule has 1 saturated heterocycles. The molecule has 0 aliphatic carbocycles. The van der Waals surface area contributed by atoms with Crippen LogP contribution in [-0.2, 0) is 14.6 Å². The summed E-state index contributed by atoms with van der Waals surface area (Å²) in [5.74, 6) is -0.144. The molecule has 0 saturated carbocycles. The van der Waals surface area contributed by atoms with Gasteiger partial charge in [0.25, 0.3) is 5.56 Å². The average Bonchev–Trinajstić information content (AvgIpc) is 2.53. The van der Waals surface area contributed by atoms with Gasteiger partial charge in [-0.05, 0) is 24.4 Å². The number of amides is 1. The topological polar surface area (TPSA) is 76.5 Å². The number of hydrogen-bond donors (Lipinski definition) is 0. The van der Waals surface area contributed by atoms with Crippen LogP contribution in [0.5, 0.6) is 0 Å². The smallest absolute Gasteiger partial charge is 0.259 e. The van der Waals surface area contributed by atoms with Gasteiger partial charge in [-0.2, -0.15) is 0 Å². The molecule has 1 atom stereocenters. The zero-order valence-corrected chi connectivity index (χ0v) is 14.5. The SMILES string of the molecule is CCS(=O)(=O)C1CN(C(=O)[C@H](C)n2ccc3ccccc3c2=O)C1. The fourth-order valence-electron chi connectivity index (χ4n) is 2.97. The van der Waals surface area contributed by atoms with E-state index in [4.69, 9.17) is 0 Å². The van der Waals surface area contributed by atoms with Crippen LogP contribution in [0, 0.1) is 0 Å². The standard InChI is InChI=1S/C17H20N2O4S/c1-3-24(22,23)14-10-18(11-14)16(20)12(2)19-9-8-13-6-4-5-7-15(13)17(19)21/h4-9,12,14H,3,10-11H2,1-2H3/t12-/m0/s1. The Bertz CT molecular complexity index is 942. The summed E-state index contributed by atoms with van der Waals surface area (Å²) in [4.78, 5) is 26.6. The summed E-state index contributed by atoms with van der Waals surface area (Å²) in [5.41, 5.74) is -0.216. The lowest BCUT2D eigenvalue weighted by atomic mass is 10.1. The van der Waals surface area contributed by atoms with Crippen LogP contribution in [0.3, 0.4) is 0 Å². The summed E-state index contributed by atoms with van der Waals surface area (Å²) in [6, 6.07) is 8.38. The van der Waals surface area contributed by atoms with Crippen LogP contribution in [0.1, 0.15) is 19.9 Å². The molecule has 0 unspecified atom stereocenters. The Morgan fingerprint density at radius 2 is 1.92 bits per heavy atom. The van der Waals surface area contributed by atoms with Gasteiger partial charge in [-0.3, -0.25) is 9.59 Å². The summed E-state index contributed by atoms with van der Waals surface area (Å²) >= 11 is 0. The van der Waals surface area contributed by atoms with Gasteiger partial charge < -0.3 is 9.47 Å². The first-order chi connectivity index (χ1) is 11.3. The minimum absolute atomic E-state index is 0.0827. The molecule has 1 aliphatic rings. The highest BCUT2D eigenvalue weighted by atomic mass is 32.2. The van der Waals surface area contributed by atoms with Crippen LogP contribution in [0.4, 0.5) is 0 Å². The Kier molecular flexibility index (Phi) is 4.21. The second kappa shape index (κ2) is 6.05. The summed E-state index contributed by atoms with van der Waals surface area (Å²) in [7, 11) is -3.12. The summed E-state index contributed by atoms with van der Waals surface area (Å²) < 4.78 is 25.0. The van der Waals surface area contributed by atoms with Gasteiger partial charge in [-0.15, -0.1) is 0 Å². The molecule has 1 aromatic carbocycles. The van der Waals surface area contributed by atoms with Gasteiger partial charge >= 0.3 is 0 Å². The van der Waals surface area contributed by atoms with Crippen LogP contribution in [-0.4, -0.2) is 47.9 Å². The zero-order valence-electron chi connectivity index (χ0n) is 13.7. The molecule has 0 N–H and O–H groups in total. The van der Waals surface area contributed by atoms with Crippen LogP contribution in [0.25, 0.3) is 10.8 Å². The van der Waals surface area contributed by atoms with Crippen LogP contribution >= 0.6 is 0 Å². The second-order valence-corrected chi connectivity index (χ2v) is 8.68. The van der Waals surface area contributed by atoms with Crippen molar-refractivity contribution in [3.63, 3.8) is 0 Å². The van der Waals surface area contributed by atoms with Crippen molar-refractivity contribution in [2.45, 2.75) is 25.1 Å². The van der Waals surface area contributed by atoms with E-state index in [9.17, 15) is 18.0 Å². The minimum atomic E-state index is -3.12. The van der Waals surface area contributed by atoms with Crippen molar-refractivity contribution >= 4 is 26.5 Å². The molecule has 2 aromatic rings. The fourth-order valence-corrected chi connectivity index (χ4v) is 4.26. The molecule has 0 bridgehead atoms. The summed E-state index contributed by atoms with van der Waals surface area (Å²) in [6.07, 6.45) is 1.62. The lowest BCUT2D eigenvalue weighted by Gasteiger charge is -2.40. The number of pyridine rings is 1. The molecule has 1 aromatic heterocycles. The van der Waals surface area contributed by atoms with E-state index in [0.717, 1.165) is 5.39 Å². The molecule has 1 aliphatic heterocycles. The number of likely N-dealkylation sites (tertiary alicyclic amines) is 1. The lowest BCUT2D eigenvalue weighted by molar-refractivity contribution is -0.137. The number of carbonyl (C=O) groups excluding carboxylic acids is 1. The van der Waals surface area contributed by atoms with E-state index in [1.165, 1.54) is 9.47 Å². The number of fused-ring (bicyclic) bond motifs is 1. The predicted molar refractivity (Wildman–Crippen MR) is 92.7 cm³/mol. The van der Waals surface area contributed by atoms with Crippen molar-refractivity contribution in [2.75, 3.05) is 18.8 Å². The van der Waals surface area contributed by atoms with Crippen LogP contribution in [0.2, 0.25) is 0 Å². The summed E-state index contributed by atoms with van der Waals surface area (Å²) in [5, 5.41) is 0.915. The number of aromatic nitrogens is 1. The van der Waals surface area contributed by atoms with E-state index in [0.29, 0.717) is 5.39 Å². The molecule has 6 nitrogen and oxygen atoms in total. The third kappa shape index (κ3) is 2.73. The van der Waals surface area contributed by atoms with Crippen molar-refractivity contribution in [2.24, 2.45) is 0 Å². The molecule has 24 heavy (non-hydrogen) atoms. The molecule has 2 heterocycles. The minimum Gasteiger partial charge on any atom is -0.338 e. The molecule has 0 spiro atoms. The first-order valence-electron chi connectivity index (χ1n) is 7.95. The molecular formula is C17H20N2O4S. The van der Waals surface area contributed by atoms with E-state index in [-0.39, 0.29) is 30.3 Å². The van der Waals surface area contributed by atoms with E-state index in [1.54, 1.807) is 38.2 Å². The Morgan fingerprint density at radius 1 is 1.25 bits per heavy atom. The Balaban J connectivity index is 1.81. The summed E-state index contributed by atoms with van der Waals surface area (Å²) in [6.45, 7) is 3.70. The van der Waals surface area contributed by atoms with E-state index < -0.39 is 21.1 Å². The maximum absolute atomic E-state index is 12.6. The zero-order chi connectivity index (χ0) is 17.5. The molecule has 3 rings (SSSR count). The van der Waals surface area contributed by atoms with Gasteiger partial charge in [0.1, 0.15) is 6.04 Å². The van der Waals surface area contributed by atoms with Crippen molar-refractivity contribution in [3.8, 4) is 0 Å². The number of nitrogens with zero attached hydrogens (tertiary/aromatic N) is 2. The van der Waals surface area contributed by atoms with Gasteiger partial charge in [-0.25, -0.2) is 8.42 Å². The van der Waals surface area contributed by atoms with Crippen molar-refractivity contribution in [3.05, 3.63) is 46.9 Å². The van der Waals surface area contributed by atoms with Crippen molar-refractivity contribution in [1.29, 1.82) is 0 Å². The highest BCUT2D eigenvalue weighted by Gasteiger charge is 2.40. The Labute approximate surface area is 140 Å². The average molecular weight is 348 g/mol. The third-order valence-corrected chi connectivity index (χ3v) is 6.80. The first-order valence-corrected chi connectivity index (χ1v) is 9.67. The Morgan fingerprint density at radius 3 is 2.58 bits per heavy atom. The molecular weight excluding hydrogens is 328 g/mol. The van der Waals surface area contributed by atoms with E-state index in [2.05, 4.69) is 0 Å². The number of benzene rings is 1. The quantitative estimate of drug-likeness (QED) is 0.832. The fraction of sp³-hybridized carbons (Fsp3) is 0.412. The monoisotopic (exact) mass is 348 g/mol. The number of rotatable bonds is 4. The molecule has 1 fully saturated rings. The second-order valence-electron chi connectivity index (χ2n) is 6.11. The van der Waals surface area contributed by atoms with E-state index >= 15 is 0 Å². The predicted octanol–water partition coefficient (Wildman–Crippen LogP) is 1.21. The van der Waals surface area contributed by atoms with Crippen molar-refractivity contribution < 1.29 is 13.2 Å². The van der Waals surface area contributed by atoms with Gasteiger partial charge in [0, 0.05) is 30.4 Å². The third-order valence-electron chi connectivity index (χ3n) is 4.69. The largest absolute Gasteiger partial charge is 0.338 e. The van der Waals surface area contributed by atoms with Crippen LogP contribution < -0.4 is 5.56 Å². The Hall–Kier alpha value is -2.15. The highest BCUT2D eigenvalue weighted by molar-refractivity contribution is 7.92.